The molecule has 0 atom stereocenters. The summed E-state index contributed by atoms with van der Waals surface area (Å²) in [6.45, 7) is 0. The van der Waals surface area contributed by atoms with Crippen LogP contribution in [0.4, 0.5) is 5.69 Å². The Kier molecular flexibility index (Phi) is 3.20. The second-order valence-electron chi connectivity index (χ2n) is 3.41. The predicted octanol–water partition coefficient (Wildman–Crippen LogP) is 2.45. The normalized spacial score (nSPS) is 9.88. The minimum atomic E-state index is -0.428. The lowest BCUT2D eigenvalue weighted by Gasteiger charge is -2.10. The summed E-state index contributed by atoms with van der Waals surface area (Å²) in [4.78, 5) is 0. The Morgan fingerprint density at radius 3 is 2.65 bits per heavy atom. The van der Waals surface area contributed by atoms with Gasteiger partial charge in [0.25, 0.3) is 11.2 Å². The number of anilines is 1. The molecule has 0 radical (unpaired) electrons. The molecule has 5 heteroatoms. The molecule has 0 spiro atoms. The van der Waals surface area contributed by atoms with Crippen molar-refractivity contribution in [3.63, 3.8) is 0 Å². The molecular weight excluding hydrogens is 234 g/mol. The van der Waals surface area contributed by atoms with E-state index in [0.717, 1.165) is 16.5 Å². The predicted molar refractivity (Wildman–Crippen MR) is 73.2 cm³/mol. The molecule has 17 heavy (non-hydrogen) atoms. The van der Waals surface area contributed by atoms with Crippen LogP contribution >= 0.6 is 12.2 Å². The summed E-state index contributed by atoms with van der Waals surface area (Å²) in [6.07, 6.45) is 0. The van der Waals surface area contributed by atoms with Gasteiger partial charge < -0.3 is 15.8 Å². The number of nitrogens with two attached hydrogens (primary N) is 1. The van der Waals surface area contributed by atoms with Crippen molar-refractivity contribution in [1.29, 1.82) is 5.41 Å². The van der Waals surface area contributed by atoms with E-state index in [4.69, 9.17) is 28.1 Å². The molecule has 0 heterocycles. The summed E-state index contributed by atoms with van der Waals surface area (Å²) in [5, 5.41) is 12.1. The Balaban J connectivity index is 2.30. The van der Waals surface area contributed by atoms with Crippen LogP contribution in [-0.2, 0) is 4.74 Å². The monoisotopic (exact) mass is 245 g/mol. The van der Waals surface area contributed by atoms with Crippen LogP contribution < -0.4 is 11.1 Å². The Morgan fingerprint density at radius 1 is 1.18 bits per heavy atom. The SMILES string of the molecule is N=C(N)OC(=S)Nc1cccc2ccccc12. The summed E-state index contributed by atoms with van der Waals surface area (Å²) < 4.78 is 4.78. The zero-order valence-corrected chi connectivity index (χ0v) is 9.75. The lowest BCUT2D eigenvalue weighted by molar-refractivity contribution is 0.543. The molecule has 2 aromatic rings. The Hall–Kier alpha value is -2.14. The smallest absolute Gasteiger partial charge is 0.286 e. The highest BCUT2D eigenvalue weighted by Crippen LogP contribution is 2.22. The van der Waals surface area contributed by atoms with Crippen LogP contribution in [0.25, 0.3) is 10.8 Å². The van der Waals surface area contributed by atoms with Gasteiger partial charge in [-0.15, -0.1) is 0 Å². The second-order valence-corrected chi connectivity index (χ2v) is 3.78. The van der Waals surface area contributed by atoms with Crippen LogP contribution in [0, 0.1) is 5.41 Å². The lowest BCUT2D eigenvalue weighted by atomic mass is 10.1. The van der Waals surface area contributed by atoms with Gasteiger partial charge in [0.05, 0.1) is 0 Å². The third-order valence-electron chi connectivity index (χ3n) is 2.23. The van der Waals surface area contributed by atoms with Gasteiger partial charge in [-0.1, -0.05) is 36.4 Å². The highest BCUT2D eigenvalue weighted by atomic mass is 32.1. The van der Waals surface area contributed by atoms with Crippen molar-refractivity contribution in [3.05, 3.63) is 42.5 Å². The quantitative estimate of drug-likeness (QED) is 0.410. The van der Waals surface area contributed by atoms with E-state index in [1.807, 2.05) is 42.5 Å². The van der Waals surface area contributed by atoms with E-state index >= 15 is 0 Å². The largest absolute Gasteiger partial charge is 0.399 e. The maximum atomic E-state index is 6.98. The molecule has 0 saturated heterocycles. The van der Waals surface area contributed by atoms with Gasteiger partial charge >= 0.3 is 0 Å². The number of thiocarbonyl (C=S) groups is 1. The number of benzene rings is 2. The Morgan fingerprint density at radius 2 is 1.88 bits per heavy atom. The topological polar surface area (TPSA) is 71.1 Å². The maximum absolute atomic E-state index is 6.98. The van der Waals surface area contributed by atoms with Crippen molar-refractivity contribution in [3.8, 4) is 0 Å². The van der Waals surface area contributed by atoms with Crippen molar-refractivity contribution >= 4 is 39.9 Å². The molecule has 0 aliphatic rings. The van der Waals surface area contributed by atoms with Crippen LogP contribution in [0.3, 0.4) is 0 Å². The number of amidine groups is 1. The van der Waals surface area contributed by atoms with Crippen molar-refractivity contribution < 1.29 is 4.74 Å². The molecule has 0 amide bonds. The minimum absolute atomic E-state index is 0.0638. The highest BCUT2D eigenvalue weighted by molar-refractivity contribution is 7.80. The molecule has 0 saturated carbocycles. The fourth-order valence-electron chi connectivity index (χ4n) is 1.57. The molecule has 0 fully saturated rings. The van der Waals surface area contributed by atoms with Gasteiger partial charge in [-0.2, -0.15) is 0 Å². The van der Waals surface area contributed by atoms with Crippen LogP contribution in [0.1, 0.15) is 0 Å². The van der Waals surface area contributed by atoms with Gasteiger partial charge in [-0.3, -0.25) is 5.41 Å². The minimum Gasteiger partial charge on any atom is -0.399 e. The van der Waals surface area contributed by atoms with E-state index in [1.54, 1.807) is 0 Å². The molecule has 0 aliphatic heterocycles. The zero-order valence-electron chi connectivity index (χ0n) is 8.94. The van der Waals surface area contributed by atoms with Gasteiger partial charge in [-0.05, 0) is 23.7 Å². The van der Waals surface area contributed by atoms with Crippen molar-refractivity contribution in [2.24, 2.45) is 5.73 Å². The number of fused-ring (bicyclic) bond motifs is 1. The number of hydrogen-bond acceptors (Lipinski definition) is 3. The molecule has 0 aliphatic carbocycles. The standard InChI is InChI=1S/C12H11N3OS/c13-11(14)16-12(17)15-10-7-3-5-8-4-1-2-6-9(8)10/h1-7H,(H3,13,14)(H,15,17). The van der Waals surface area contributed by atoms with Crippen molar-refractivity contribution in [2.45, 2.75) is 0 Å². The summed E-state index contributed by atoms with van der Waals surface area (Å²) >= 11 is 4.92. The van der Waals surface area contributed by atoms with Gasteiger partial charge in [0, 0.05) is 11.1 Å². The molecule has 2 aromatic carbocycles. The van der Waals surface area contributed by atoms with Crippen molar-refractivity contribution in [2.75, 3.05) is 5.32 Å². The molecule has 4 N–H and O–H groups in total. The Labute approximate surface area is 104 Å². The first-order chi connectivity index (χ1) is 8.16. The highest BCUT2D eigenvalue weighted by Gasteiger charge is 2.03. The third kappa shape index (κ3) is 2.70. The maximum Gasteiger partial charge on any atom is 0.286 e. The van der Waals surface area contributed by atoms with Crippen LogP contribution in [0.5, 0.6) is 0 Å². The van der Waals surface area contributed by atoms with E-state index in [9.17, 15) is 0 Å². The summed E-state index contributed by atoms with van der Waals surface area (Å²) in [7, 11) is 0. The molecule has 0 bridgehead atoms. The summed E-state index contributed by atoms with van der Waals surface area (Å²) in [6, 6.07) is 13.3. The zero-order chi connectivity index (χ0) is 12.3. The third-order valence-corrected chi connectivity index (χ3v) is 2.41. The molecule has 0 unspecified atom stereocenters. The first-order valence-electron chi connectivity index (χ1n) is 4.97. The lowest BCUT2D eigenvalue weighted by Crippen LogP contribution is -2.23. The average molecular weight is 245 g/mol. The first kappa shape index (κ1) is 11.3. The van der Waals surface area contributed by atoms with E-state index in [-0.39, 0.29) is 5.17 Å². The van der Waals surface area contributed by atoms with Crippen LogP contribution in [0.2, 0.25) is 0 Å². The van der Waals surface area contributed by atoms with Gasteiger partial charge in [0.1, 0.15) is 0 Å². The molecule has 4 nitrogen and oxygen atoms in total. The Bertz CT molecular complexity index is 577. The van der Waals surface area contributed by atoms with E-state index < -0.39 is 6.02 Å². The van der Waals surface area contributed by atoms with E-state index in [2.05, 4.69) is 5.32 Å². The summed E-state index contributed by atoms with van der Waals surface area (Å²) in [5.74, 6) is 0. The van der Waals surface area contributed by atoms with Gasteiger partial charge in [0.15, 0.2) is 0 Å². The van der Waals surface area contributed by atoms with Gasteiger partial charge in [0.2, 0.25) is 0 Å². The van der Waals surface area contributed by atoms with Crippen molar-refractivity contribution in [1.82, 2.24) is 0 Å². The molecule has 0 aromatic heterocycles. The fourth-order valence-corrected chi connectivity index (χ4v) is 1.77. The number of hydrogen-bond donors (Lipinski definition) is 3. The average Bonchev–Trinajstić information content (AvgIpc) is 2.28. The summed E-state index contributed by atoms with van der Waals surface area (Å²) in [5.41, 5.74) is 5.92. The second kappa shape index (κ2) is 4.80. The van der Waals surface area contributed by atoms with E-state index in [1.165, 1.54) is 0 Å². The molecular formula is C12H11N3OS. The fraction of sp³-hybridized carbons (Fsp3) is 0. The van der Waals surface area contributed by atoms with E-state index in [0.29, 0.717) is 0 Å². The van der Waals surface area contributed by atoms with Gasteiger partial charge in [-0.25, -0.2) is 0 Å². The number of nitrogens with one attached hydrogen (secondary N) is 2. The molecule has 86 valence electrons. The van der Waals surface area contributed by atoms with Crippen LogP contribution in [0.15, 0.2) is 42.5 Å². The molecule has 2 rings (SSSR count). The number of ether oxygens (including phenoxy) is 1. The first-order valence-corrected chi connectivity index (χ1v) is 5.38. The number of rotatable bonds is 1. The van der Waals surface area contributed by atoms with Crippen LogP contribution in [-0.4, -0.2) is 11.2 Å².